The number of rotatable bonds is 6. The third kappa shape index (κ3) is 5.40. The standard InChI is InChI=1S/C12H17N3S.2ClH/c1-11-3-8-16-12(11)9-13-4-2-6-15-7-5-14-10-15;;/h3,5,7-8,10,13H,2,4,6,9H2,1H3;2*1H. The van der Waals surface area contributed by atoms with Crippen molar-refractivity contribution in [3.8, 4) is 0 Å². The van der Waals surface area contributed by atoms with Crippen LogP contribution in [-0.2, 0) is 13.1 Å². The molecule has 0 aliphatic heterocycles. The fraction of sp³-hybridized carbons (Fsp3) is 0.417. The summed E-state index contributed by atoms with van der Waals surface area (Å²) in [6.45, 7) is 5.25. The van der Waals surface area contributed by atoms with Crippen LogP contribution in [0.1, 0.15) is 16.9 Å². The molecule has 0 aromatic carbocycles. The smallest absolute Gasteiger partial charge is 0.0945 e. The molecule has 3 nitrogen and oxygen atoms in total. The Hall–Kier alpha value is -0.550. The van der Waals surface area contributed by atoms with Gasteiger partial charge in [-0.3, -0.25) is 0 Å². The molecule has 0 unspecified atom stereocenters. The van der Waals surface area contributed by atoms with Crippen molar-refractivity contribution in [1.29, 1.82) is 0 Å². The predicted molar refractivity (Wildman–Crippen MR) is 82.1 cm³/mol. The van der Waals surface area contributed by atoms with Crippen LogP contribution in [0.25, 0.3) is 0 Å². The Morgan fingerprint density at radius 2 is 2.22 bits per heavy atom. The molecule has 0 atom stereocenters. The van der Waals surface area contributed by atoms with E-state index in [4.69, 9.17) is 0 Å². The summed E-state index contributed by atoms with van der Waals surface area (Å²) in [7, 11) is 0. The van der Waals surface area contributed by atoms with Gasteiger partial charge in [-0.25, -0.2) is 4.98 Å². The minimum Gasteiger partial charge on any atom is -0.337 e. The Labute approximate surface area is 124 Å². The molecule has 2 aromatic heterocycles. The molecule has 18 heavy (non-hydrogen) atoms. The van der Waals surface area contributed by atoms with Gasteiger partial charge in [-0.2, -0.15) is 0 Å². The molecule has 0 saturated carbocycles. The van der Waals surface area contributed by atoms with Crippen molar-refractivity contribution in [2.45, 2.75) is 26.4 Å². The predicted octanol–water partition coefficient (Wildman–Crippen LogP) is 3.28. The summed E-state index contributed by atoms with van der Waals surface area (Å²) >= 11 is 1.83. The monoisotopic (exact) mass is 307 g/mol. The molecule has 1 N–H and O–H groups in total. The highest BCUT2D eigenvalue weighted by Gasteiger charge is 1.98. The summed E-state index contributed by atoms with van der Waals surface area (Å²) in [6, 6.07) is 2.17. The first kappa shape index (κ1) is 17.4. The molecule has 0 spiro atoms. The number of aryl methyl sites for hydroxylation is 2. The lowest BCUT2D eigenvalue weighted by Gasteiger charge is -2.04. The molecule has 102 valence electrons. The van der Waals surface area contributed by atoms with Crippen molar-refractivity contribution in [2.75, 3.05) is 6.54 Å². The highest BCUT2D eigenvalue weighted by molar-refractivity contribution is 7.10. The molecular weight excluding hydrogens is 289 g/mol. The number of nitrogens with one attached hydrogen (secondary N) is 1. The van der Waals surface area contributed by atoms with Crippen LogP contribution in [0.2, 0.25) is 0 Å². The van der Waals surface area contributed by atoms with E-state index in [-0.39, 0.29) is 24.8 Å². The molecule has 0 aliphatic carbocycles. The van der Waals surface area contributed by atoms with Crippen LogP contribution >= 0.6 is 36.2 Å². The van der Waals surface area contributed by atoms with Crippen LogP contribution in [-0.4, -0.2) is 16.1 Å². The lowest BCUT2D eigenvalue weighted by Crippen LogP contribution is -2.16. The minimum absolute atomic E-state index is 0. The summed E-state index contributed by atoms with van der Waals surface area (Å²) < 4.78 is 2.11. The van der Waals surface area contributed by atoms with Gasteiger partial charge in [0.25, 0.3) is 0 Å². The summed E-state index contributed by atoms with van der Waals surface area (Å²) in [5.74, 6) is 0. The normalized spacial score (nSPS) is 9.61. The zero-order valence-electron chi connectivity index (χ0n) is 10.3. The number of hydrogen-bond donors (Lipinski definition) is 1. The van der Waals surface area contributed by atoms with Crippen molar-refractivity contribution in [3.63, 3.8) is 0 Å². The van der Waals surface area contributed by atoms with Gasteiger partial charge >= 0.3 is 0 Å². The van der Waals surface area contributed by atoms with Gasteiger partial charge in [0.2, 0.25) is 0 Å². The highest BCUT2D eigenvalue weighted by Crippen LogP contribution is 2.14. The van der Waals surface area contributed by atoms with Crippen molar-refractivity contribution >= 4 is 36.2 Å². The third-order valence-corrected chi connectivity index (χ3v) is 3.61. The molecule has 6 heteroatoms. The van der Waals surface area contributed by atoms with E-state index in [0.29, 0.717) is 0 Å². The second kappa shape index (κ2) is 9.39. The Kier molecular flexibility index (Phi) is 9.10. The fourth-order valence-corrected chi connectivity index (χ4v) is 2.47. The van der Waals surface area contributed by atoms with E-state index in [1.54, 1.807) is 0 Å². The SMILES string of the molecule is Cc1ccsc1CNCCCn1ccnc1.Cl.Cl. The fourth-order valence-electron chi connectivity index (χ4n) is 1.59. The second-order valence-electron chi connectivity index (χ2n) is 3.86. The molecule has 0 bridgehead atoms. The van der Waals surface area contributed by atoms with Gasteiger partial charge in [0.1, 0.15) is 0 Å². The lowest BCUT2D eigenvalue weighted by atomic mass is 10.3. The summed E-state index contributed by atoms with van der Waals surface area (Å²) in [5.41, 5.74) is 1.40. The number of halogens is 2. The van der Waals surface area contributed by atoms with Crippen LogP contribution in [0.15, 0.2) is 30.2 Å². The summed E-state index contributed by atoms with van der Waals surface area (Å²) in [6.07, 6.45) is 6.83. The van der Waals surface area contributed by atoms with E-state index in [1.807, 2.05) is 30.1 Å². The first-order valence-corrected chi connectivity index (χ1v) is 6.43. The maximum atomic E-state index is 4.02. The van der Waals surface area contributed by atoms with Gasteiger partial charge in [-0.1, -0.05) is 0 Å². The minimum atomic E-state index is 0. The van der Waals surface area contributed by atoms with E-state index in [9.17, 15) is 0 Å². The van der Waals surface area contributed by atoms with E-state index < -0.39 is 0 Å². The van der Waals surface area contributed by atoms with Gasteiger partial charge < -0.3 is 9.88 Å². The van der Waals surface area contributed by atoms with Crippen molar-refractivity contribution in [2.24, 2.45) is 0 Å². The highest BCUT2D eigenvalue weighted by atomic mass is 35.5. The van der Waals surface area contributed by atoms with Crippen molar-refractivity contribution in [1.82, 2.24) is 14.9 Å². The van der Waals surface area contributed by atoms with Gasteiger partial charge in [0, 0.05) is 30.4 Å². The van der Waals surface area contributed by atoms with E-state index in [1.165, 1.54) is 10.4 Å². The molecule has 0 amide bonds. The number of nitrogens with zero attached hydrogens (tertiary/aromatic N) is 2. The van der Waals surface area contributed by atoms with Gasteiger partial charge in [0.15, 0.2) is 0 Å². The molecule has 2 rings (SSSR count). The maximum Gasteiger partial charge on any atom is 0.0945 e. The van der Waals surface area contributed by atoms with Crippen LogP contribution < -0.4 is 5.32 Å². The van der Waals surface area contributed by atoms with Crippen molar-refractivity contribution in [3.05, 3.63) is 40.6 Å². The zero-order chi connectivity index (χ0) is 11.2. The van der Waals surface area contributed by atoms with Crippen LogP contribution in [0.5, 0.6) is 0 Å². The topological polar surface area (TPSA) is 29.9 Å². The molecule has 2 heterocycles. The van der Waals surface area contributed by atoms with Gasteiger partial charge in [0.05, 0.1) is 6.33 Å². The van der Waals surface area contributed by atoms with Crippen LogP contribution in [0.3, 0.4) is 0 Å². The molecule has 0 radical (unpaired) electrons. The summed E-state index contributed by atoms with van der Waals surface area (Å²) in [4.78, 5) is 5.46. The Balaban J connectivity index is 0.00000144. The molecular formula is C12H19Cl2N3S. The first-order chi connectivity index (χ1) is 7.86. The second-order valence-corrected chi connectivity index (χ2v) is 4.86. The lowest BCUT2D eigenvalue weighted by molar-refractivity contribution is 0.582. The molecule has 0 fully saturated rings. The van der Waals surface area contributed by atoms with Crippen LogP contribution in [0.4, 0.5) is 0 Å². The number of aromatic nitrogens is 2. The van der Waals surface area contributed by atoms with Crippen LogP contribution in [0, 0.1) is 6.92 Å². The Morgan fingerprint density at radius 1 is 1.39 bits per heavy atom. The molecule has 2 aromatic rings. The largest absolute Gasteiger partial charge is 0.337 e. The Morgan fingerprint density at radius 3 is 2.83 bits per heavy atom. The summed E-state index contributed by atoms with van der Waals surface area (Å²) in [5, 5.41) is 5.62. The first-order valence-electron chi connectivity index (χ1n) is 5.55. The number of imidazole rings is 1. The van der Waals surface area contributed by atoms with Gasteiger partial charge in [-0.15, -0.1) is 36.2 Å². The zero-order valence-corrected chi connectivity index (χ0v) is 12.8. The Bertz CT molecular complexity index is 415. The van der Waals surface area contributed by atoms with E-state index in [2.05, 4.69) is 33.2 Å². The van der Waals surface area contributed by atoms with Gasteiger partial charge in [-0.05, 0) is 36.9 Å². The van der Waals surface area contributed by atoms with E-state index in [0.717, 1.165) is 26.1 Å². The number of hydrogen-bond acceptors (Lipinski definition) is 3. The molecule has 0 aliphatic rings. The average molecular weight is 308 g/mol. The van der Waals surface area contributed by atoms with Crippen molar-refractivity contribution < 1.29 is 0 Å². The number of thiophene rings is 1. The average Bonchev–Trinajstić information content (AvgIpc) is 2.90. The van der Waals surface area contributed by atoms with E-state index >= 15 is 0 Å². The third-order valence-electron chi connectivity index (χ3n) is 2.58. The maximum absolute atomic E-state index is 4.02. The quantitative estimate of drug-likeness (QED) is 0.830. The molecule has 0 saturated heterocycles.